The largest absolute Gasteiger partial charge is 0.298 e. The second-order valence-corrected chi connectivity index (χ2v) is 4.73. The van der Waals surface area contributed by atoms with Crippen LogP contribution in [-0.4, -0.2) is 20.4 Å². The smallest absolute Gasteiger partial charge is 0.146 e. The summed E-state index contributed by atoms with van der Waals surface area (Å²) in [6.07, 6.45) is 4.23. The van der Waals surface area contributed by atoms with Crippen LogP contribution in [0.25, 0.3) is 0 Å². The number of carbonyl (C=O) groups is 1. The third kappa shape index (κ3) is 3.16. The van der Waals surface area contributed by atoms with E-state index in [2.05, 4.69) is 28.0 Å². The van der Waals surface area contributed by atoms with Crippen LogP contribution < -0.4 is 0 Å². The fourth-order valence-electron chi connectivity index (χ4n) is 1.58. The Bertz CT molecular complexity index is 346. The molecule has 4 heteroatoms. The molecule has 0 spiro atoms. The zero-order valence-electron chi connectivity index (χ0n) is 9.46. The molecule has 0 aromatic carbocycles. The summed E-state index contributed by atoms with van der Waals surface area (Å²) >= 11 is 3.43. The number of halogens is 1. The lowest BCUT2D eigenvalue weighted by molar-refractivity contribution is -0.118. The van der Waals surface area contributed by atoms with Gasteiger partial charge >= 0.3 is 0 Å². The number of ketones is 1. The number of rotatable bonds is 5. The van der Waals surface area contributed by atoms with E-state index in [1.807, 2.05) is 24.9 Å². The first-order chi connectivity index (χ1) is 7.08. The van der Waals surface area contributed by atoms with Gasteiger partial charge in [0.15, 0.2) is 0 Å². The van der Waals surface area contributed by atoms with Crippen LogP contribution in [0.4, 0.5) is 0 Å². The van der Waals surface area contributed by atoms with Gasteiger partial charge in [0, 0.05) is 19.7 Å². The highest BCUT2D eigenvalue weighted by molar-refractivity contribution is 9.10. The van der Waals surface area contributed by atoms with Crippen molar-refractivity contribution < 1.29 is 4.79 Å². The van der Waals surface area contributed by atoms with Crippen LogP contribution >= 0.6 is 15.9 Å². The molecule has 1 atom stereocenters. The van der Waals surface area contributed by atoms with Crippen LogP contribution in [0, 0.1) is 0 Å². The van der Waals surface area contributed by atoms with Gasteiger partial charge in [-0.2, -0.15) is 5.10 Å². The van der Waals surface area contributed by atoms with Crippen LogP contribution in [0.15, 0.2) is 6.20 Å². The molecule has 1 aromatic heterocycles. The molecule has 0 saturated heterocycles. The molecule has 0 amide bonds. The van der Waals surface area contributed by atoms with E-state index in [-0.39, 0.29) is 10.6 Å². The molecule has 0 radical (unpaired) electrons. The maximum absolute atomic E-state index is 11.4. The Morgan fingerprint density at radius 3 is 2.80 bits per heavy atom. The molecule has 0 N–H and O–H groups in total. The number of aromatic nitrogens is 2. The number of hydrogen-bond acceptors (Lipinski definition) is 2. The van der Waals surface area contributed by atoms with Crippen LogP contribution in [0.1, 0.15) is 31.5 Å². The van der Waals surface area contributed by atoms with Crippen molar-refractivity contribution in [3.63, 3.8) is 0 Å². The van der Waals surface area contributed by atoms with E-state index in [1.165, 1.54) is 5.56 Å². The highest BCUT2D eigenvalue weighted by Crippen LogP contribution is 2.15. The van der Waals surface area contributed by atoms with Gasteiger partial charge in [0.2, 0.25) is 0 Å². The van der Waals surface area contributed by atoms with Gasteiger partial charge in [0.1, 0.15) is 5.78 Å². The molecule has 0 bridgehead atoms. The number of hydrogen-bond donors (Lipinski definition) is 0. The zero-order chi connectivity index (χ0) is 11.4. The molecule has 1 unspecified atom stereocenters. The maximum Gasteiger partial charge on any atom is 0.146 e. The van der Waals surface area contributed by atoms with Crippen molar-refractivity contribution in [3.05, 3.63) is 17.5 Å². The van der Waals surface area contributed by atoms with Gasteiger partial charge in [0.25, 0.3) is 0 Å². The molecular weight excluding hydrogens is 256 g/mol. The van der Waals surface area contributed by atoms with E-state index in [9.17, 15) is 4.79 Å². The second kappa shape index (κ2) is 5.45. The van der Waals surface area contributed by atoms with Gasteiger partial charge < -0.3 is 0 Å². The van der Waals surface area contributed by atoms with Crippen molar-refractivity contribution in [1.82, 2.24) is 9.78 Å². The molecule has 1 aromatic rings. The van der Waals surface area contributed by atoms with Gasteiger partial charge in [-0.25, -0.2) is 0 Å². The van der Waals surface area contributed by atoms with Crippen LogP contribution in [0.5, 0.6) is 0 Å². The summed E-state index contributed by atoms with van der Waals surface area (Å²) in [5.41, 5.74) is 2.26. The Balaban J connectivity index is 2.75. The molecule has 0 aliphatic rings. The van der Waals surface area contributed by atoms with Gasteiger partial charge in [-0.05, 0) is 18.4 Å². The van der Waals surface area contributed by atoms with Gasteiger partial charge in [0.05, 0.1) is 10.5 Å². The fraction of sp³-hybridized carbons (Fsp3) is 0.636. The van der Waals surface area contributed by atoms with E-state index in [4.69, 9.17) is 0 Å². The van der Waals surface area contributed by atoms with Gasteiger partial charge in [-0.15, -0.1) is 0 Å². The highest BCUT2D eigenvalue weighted by Gasteiger charge is 2.16. The third-order valence-corrected chi connectivity index (χ3v) is 3.26. The maximum atomic E-state index is 11.4. The van der Waals surface area contributed by atoms with E-state index < -0.39 is 0 Å². The van der Waals surface area contributed by atoms with Crippen molar-refractivity contribution in [1.29, 1.82) is 0 Å². The lowest BCUT2D eigenvalue weighted by Crippen LogP contribution is -2.15. The van der Waals surface area contributed by atoms with E-state index in [1.54, 1.807) is 0 Å². The second-order valence-electron chi connectivity index (χ2n) is 3.62. The Labute approximate surface area is 99.0 Å². The lowest BCUT2D eigenvalue weighted by atomic mass is 10.1. The summed E-state index contributed by atoms with van der Waals surface area (Å²) < 4.78 is 1.81. The summed E-state index contributed by atoms with van der Waals surface area (Å²) in [7, 11) is 1.91. The SMILES string of the molecule is CCC(=O)C(Br)Cc1cn(C)nc1CC. The molecule has 0 aliphatic carbocycles. The lowest BCUT2D eigenvalue weighted by Gasteiger charge is -2.06. The van der Waals surface area contributed by atoms with Crippen LogP contribution in [0.2, 0.25) is 0 Å². The van der Waals surface area contributed by atoms with Crippen LogP contribution in [0.3, 0.4) is 0 Å². The molecule has 0 fully saturated rings. The Morgan fingerprint density at radius 1 is 1.60 bits per heavy atom. The minimum absolute atomic E-state index is 0.0722. The Kier molecular flexibility index (Phi) is 4.51. The van der Waals surface area contributed by atoms with Crippen molar-refractivity contribution in [3.8, 4) is 0 Å². The summed E-state index contributed by atoms with van der Waals surface area (Å²) in [5, 5.41) is 4.35. The number of carbonyl (C=O) groups excluding carboxylic acids is 1. The summed E-state index contributed by atoms with van der Waals surface area (Å²) in [4.78, 5) is 11.4. The highest BCUT2D eigenvalue weighted by atomic mass is 79.9. The molecule has 84 valence electrons. The Hall–Kier alpha value is -0.640. The monoisotopic (exact) mass is 272 g/mol. The van der Waals surface area contributed by atoms with Gasteiger partial charge in [-0.1, -0.05) is 29.8 Å². The standard InChI is InChI=1S/C11H17BrN2O/c1-4-10-8(7-14(3)13-10)6-9(12)11(15)5-2/h7,9H,4-6H2,1-3H3. The normalized spacial score (nSPS) is 12.8. The molecule has 1 rings (SSSR count). The first kappa shape index (κ1) is 12.4. The van der Waals surface area contributed by atoms with E-state index in [0.29, 0.717) is 6.42 Å². The van der Waals surface area contributed by atoms with Crippen LogP contribution in [-0.2, 0) is 24.7 Å². The van der Waals surface area contributed by atoms with Gasteiger partial charge in [-0.3, -0.25) is 9.48 Å². The van der Waals surface area contributed by atoms with Crippen molar-refractivity contribution in [2.75, 3.05) is 0 Å². The number of alkyl halides is 1. The average molecular weight is 273 g/mol. The minimum atomic E-state index is -0.0722. The summed E-state index contributed by atoms with van der Waals surface area (Å²) in [5.74, 6) is 0.251. The van der Waals surface area contributed by atoms with E-state index >= 15 is 0 Å². The fourth-order valence-corrected chi connectivity index (χ4v) is 2.25. The molecular formula is C11H17BrN2O. The topological polar surface area (TPSA) is 34.9 Å². The summed E-state index contributed by atoms with van der Waals surface area (Å²) in [6.45, 7) is 3.97. The number of Topliss-reactive ketones (excluding diaryl/α,β-unsaturated/α-hetero) is 1. The first-order valence-corrected chi connectivity index (χ1v) is 6.18. The van der Waals surface area contributed by atoms with Crippen molar-refractivity contribution >= 4 is 21.7 Å². The molecule has 15 heavy (non-hydrogen) atoms. The number of nitrogens with zero attached hydrogens (tertiary/aromatic N) is 2. The molecule has 1 heterocycles. The predicted octanol–water partition coefficient (Wildman–Crippen LogP) is 2.27. The molecule has 0 saturated carbocycles. The molecule has 0 aliphatic heterocycles. The van der Waals surface area contributed by atoms with E-state index in [0.717, 1.165) is 18.5 Å². The summed E-state index contributed by atoms with van der Waals surface area (Å²) in [6, 6.07) is 0. The number of aryl methyl sites for hydroxylation is 2. The van der Waals surface area contributed by atoms with Crippen molar-refractivity contribution in [2.24, 2.45) is 7.05 Å². The predicted molar refractivity (Wildman–Crippen MR) is 64.3 cm³/mol. The third-order valence-electron chi connectivity index (χ3n) is 2.42. The zero-order valence-corrected chi connectivity index (χ0v) is 11.0. The minimum Gasteiger partial charge on any atom is -0.298 e. The molecule has 3 nitrogen and oxygen atoms in total. The first-order valence-electron chi connectivity index (χ1n) is 5.26. The quantitative estimate of drug-likeness (QED) is 0.771. The average Bonchev–Trinajstić information content (AvgIpc) is 2.57. The Morgan fingerprint density at radius 2 is 2.27 bits per heavy atom. The van der Waals surface area contributed by atoms with Crippen molar-refractivity contribution in [2.45, 2.75) is 37.9 Å².